The van der Waals surface area contributed by atoms with Gasteiger partial charge in [0.25, 0.3) is 5.91 Å². The zero-order valence-corrected chi connectivity index (χ0v) is 20.9. The third-order valence-electron chi connectivity index (χ3n) is 6.62. The Morgan fingerprint density at radius 1 is 0.973 bits per heavy atom. The number of aromatic hydroxyl groups is 1. The van der Waals surface area contributed by atoms with Gasteiger partial charge >= 0.3 is 0 Å². The first-order valence-corrected chi connectivity index (χ1v) is 13.1. The summed E-state index contributed by atoms with van der Waals surface area (Å²) < 4.78 is 0. The van der Waals surface area contributed by atoms with Crippen LogP contribution in [0.25, 0.3) is 33.5 Å². The van der Waals surface area contributed by atoms with E-state index >= 15 is 0 Å². The quantitative estimate of drug-likeness (QED) is 0.331. The van der Waals surface area contributed by atoms with Crippen molar-refractivity contribution in [2.45, 2.75) is 19.0 Å². The number of nitrogens with one attached hydrogen (secondary N) is 1. The minimum absolute atomic E-state index is 0.0438. The lowest BCUT2D eigenvalue weighted by Crippen LogP contribution is -2.36. The smallest absolute Gasteiger partial charge is 0.263 e. The molecule has 1 aliphatic heterocycles. The first-order chi connectivity index (χ1) is 18.1. The normalized spacial score (nSPS) is 15.7. The van der Waals surface area contributed by atoms with Crippen LogP contribution in [0.15, 0.2) is 84.5 Å². The van der Waals surface area contributed by atoms with Gasteiger partial charge in [-0.15, -0.1) is 11.3 Å². The maximum absolute atomic E-state index is 12.3. The summed E-state index contributed by atoms with van der Waals surface area (Å²) >= 11 is 1.36. The lowest BCUT2D eigenvalue weighted by atomic mass is 10.0. The summed E-state index contributed by atoms with van der Waals surface area (Å²) in [5, 5.41) is 13.5. The van der Waals surface area contributed by atoms with Crippen LogP contribution < -0.4 is 5.32 Å². The number of fused-ring (bicyclic) bond motifs is 1. The molecule has 1 fully saturated rings. The van der Waals surface area contributed by atoms with Gasteiger partial charge in [0.15, 0.2) is 0 Å². The van der Waals surface area contributed by atoms with Gasteiger partial charge in [0.05, 0.1) is 28.6 Å². The van der Waals surface area contributed by atoms with Crippen LogP contribution in [0.5, 0.6) is 5.75 Å². The van der Waals surface area contributed by atoms with Crippen LogP contribution in [0.3, 0.4) is 0 Å². The van der Waals surface area contributed by atoms with E-state index in [0.29, 0.717) is 15.9 Å². The van der Waals surface area contributed by atoms with E-state index in [9.17, 15) is 9.90 Å². The SMILES string of the molecule is O=C(NC1CCN(Cc2ccc(-c3nc4cccc(O)c4nc3-c3ccccc3)cc2)C1)c1cncs1. The van der Waals surface area contributed by atoms with Crippen LogP contribution in [-0.4, -0.2) is 50.0 Å². The average molecular weight is 508 g/mol. The number of aromatic nitrogens is 3. The monoisotopic (exact) mass is 507 g/mol. The second-order valence-electron chi connectivity index (χ2n) is 9.19. The minimum Gasteiger partial charge on any atom is -0.506 e. The number of nitrogens with zero attached hydrogens (tertiary/aromatic N) is 4. The van der Waals surface area contributed by atoms with Crippen molar-refractivity contribution in [3.63, 3.8) is 0 Å². The molecule has 1 aliphatic rings. The topological polar surface area (TPSA) is 91.2 Å². The highest BCUT2D eigenvalue weighted by Crippen LogP contribution is 2.33. The molecule has 3 aromatic carbocycles. The highest BCUT2D eigenvalue weighted by molar-refractivity contribution is 7.11. The van der Waals surface area contributed by atoms with Crippen molar-refractivity contribution in [1.82, 2.24) is 25.2 Å². The molecule has 0 spiro atoms. The Morgan fingerprint density at radius 2 is 1.76 bits per heavy atom. The van der Waals surface area contributed by atoms with E-state index in [1.807, 2.05) is 36.4 Å². The molecule has 8 heteroatoms. The van der Waals surface area contributed by atoms with Crippen molar-refractivity contribution in [2.75, 3.05) is 13.1 Å². The highest BCUT2D eigenvalue weighted by atomic mass is 32.1. The number of phenols is 1. The van der Waals surface area contributed by atoms with Crippen molar-refractivity contribution in [2.24, 2.45) is 0 Å². The van der Waals surface area contributed by atoms with Crippen LogP contribution in [0.4, 0.5) is 0 Å². The Balaban J connectivity index is 1.21. The van der Waals surface area contributed by atoms with E-state index in [0.717, 1.165) is 48.6 Å². The van der Waals surface area contributed by atoms with Crippen molar-refractivity contribution >= 4 is 28.3 Å². The number of benzene rings is 3. The summed E-state index contributed by atoms with van der Waals surface area (Å²) in [7, 11) is 0. The summed E-state index contributed by atoms with van der Waals surface area (Å²) in [5.74, 6) is 0.0778. The molecule has 184 valence electrons. The van der Waals surface area contributed by atoms with Gasteiger partial charge in [-0.2, -0.15) is 0 Å². The highest BCUT2D eigenvalue weighted by Gasteiger charge is 2.24. The summed E-state index contributed by atoms with van der Waals surface area (Å²) in [6.07, 6.45) is 2.54. The number of para-hydroxylation sites is 1. The molecule has 1 atom stereocenters. The molecule has 2 aromatic heterocycles. The van der Waals surface area contributed by atoms with E-state index in [1.54, 1.807) is 23.8 Å². The van der Waals surface area contributed by atoms with E-state index in [-0.39, 0.29) is 17.7 Å². The zero-order valence-electron chi connectivity index (χ0n) is 20.0. The van der Waals surface area contributed by atoms with E-state index < -0.39 is 0 Å². The molecule has 6 rings (SSSR count). The molecule has 1 unspecified atom stereocenters. The molecule has 2 N–H and O–H groups in total. The number of hydrogen-bond acceptors (Lipinski definition) is 7. The second-order valence-corrected chi connectivity index (χ2v) is 10.1. The number of likely N-dealkylation sites (tertiary alicyclic amines) is 1. The van der Waals surface area contributed by atoms with Crippen LogP contribution in [0, 0.1) is 0 Å². The number of carbonyl (C=O) groups is 1. The number of thiazole rings is 1. The molecule has 37 heavy (non-hydrogen) atoms. The molecular formula is C29H25N5O2S. The number of hydrogen-bond donors (Lipinski definition) is 2. The maximum Gasteiger partial charge on any atom is 0.263 e. The van der Waals surface area contributed by atoms with Gasteiger partial charge in [-0.25, -0.2) is 9.97 Å². The Hall–Kier alpha value is -4.14. The summed E-state index contributed by atoms with van der Waals surface area (Å²) in [5.41, 5.74) is 7.46. The Morgan fingerprint density at radius 3 is 2.54 bits per heavy atom. The molecule has 0 bridgehead atoms. The average Bonchev–Trinajstić information content (AvgIpc) is 3.62. The van der Waals surface area contributed by atoms with Crippen LogP contribution in [0.2, 0.25) is 0 Å². The fraction of sp³-hybridized carbons (Fsp3) is 0.172. The molecule has 3 heterocycles. The second kappa shape index (κ2) is 10.1. The summed E-state index contributed by atoms with van der Waals surface area (Å²) in [4.78, 5) is 29.1. The first kappa shape index (κ1) is 23.3. The Bertz CT molecular complexity index is 1540. The maximum atomic E-state index is 12.3. The lowest BCUT2D eigenvalue weighted by molar-refractivity contribution is 0.0941. The van der Waals surface area contributed by atoms with Gasteiger partial charge in [0.1, 0.15) is 16.1 Å². The molecule has 0 radical (unpaired) electrons. The van der Waals surface area contributed by atoms with Gasteiger partial charge in [0, 0.05) is 36.8 Å². The van der Waals surface area contributed by atoms with Gasteiger partial charge in [-0.1, -0.05) is 60.7 Å². The van der Waals surface area contributed by atoms with Gasteiger partial charge < -0.3 is 10.4 Å². The summed E-state index contributed by atoms with van der Waals surface area (Å²) in [6.45, 7) is 2.58. The number of amides is 1. The number of phenolic OH excluding ortho intramolecular Hbond substituents is 1. The minimum atomic E-state index is -0.0438. The standard InChI is InChI=1S/C29H25N5O2S/c35-24-8-4-7-23-28(24)33-27(20-5-2-1-3-6-20)26(32-23)21-11-9-19(10-12-21)16-34-14-13-22(17-34)31-29(36)25-15-30-18-37-25/h1-12,15,18,22,35H,13-14,16-17H2,(H,31,36). The molecule has 0 saturated carbocycles. The van der Waals surface area contributed by atoms with E-state index in [4.69, 9.17) is 9.97 Å². The predicted octanol–water partition coefficient (Wildman–Crippen LogP) is 5.13. The molecular weight excluding hydrogens is 482 g/mol. The Kier molecular flexibility index (Phi) is 6.34. The third-order valence-corrected chi connectivity index (χ3v) is 7.39. The zero-order chi connectivity index (χ0) is 25.2. The molecule has 0 aliphatic carbocycles. The van der Waals surface area contributed by atoms with E-state index in [1.165, 1.54) is 16.9 Å². The third kappa shape index (κ3) is 4.94. The number of carbonyl (C=O) groups excluding carboxylic acids is 1. The van der Waals surface area contributed by atoms with Crippen LogP contribution in [-0.2, 0) is 6.54 Å². The lowest BCUT2D eigenvalue weighted by Gasteiger charge is -2.17. The van der Waals surface area contributed by atoms with Gasteiger partial charge in [-0.05, 0) is 24.1 Å². The van der Waals surface area contributed by atoms with Gasteiger partial charge in [0.2, 0.25) is 0 Å². The molecule has 7 nitrogen and oxygen atoms in total. The molecule has 1 saturated heterocycles. The summed E-state index contributed by atoms with van der Waals surface area (Å²) in [6, 6.07) is 23.8. The Labute approximate surface area is 218 Å². The fourth-order valence-corrected chi connectivity index (χ4v) is 5.29. The molecule has 1 amide bonds. The largest absolute Gasteiger partial charge is 0.506 e. The number of rotatable bonds is 6. The van der Waals surface area contributed by atoms with Crippen molar-refractivity contribution in [3.8, 4) is 28.3 Å². The fourth-order valence-electron chi connectivity index (χ4n) is 4.77. The van der Waals surface area contributed by atoms with Crippen molar-refractivity contribution in [3.05, 3.63) is 94.9 Å². The van der Waals surface area contributed by atoms with Crippen molar-refractivity contribution in [1.29, 1.82) is 0 Å². The predicted molar refractivity (Wildman–Crippen MR) is 145 cm³/mol. The van der Waals surface area contributed by atoms with Gasteiger partial charge in [-0.3, -0.25) is 14.7 Å². The first-order valence-electron chi connectivity index (χ1n) is 12.2. The van der Waals surface area contributed by atoms with Crippen LogP contribution >= 0.6 is 11.3 Å². The molecule has 5 aromatic rings. The van der Waals surface area contributed by atoms with E-state index in [2.05, 4.69) is 39.5 Å². The van der Waals surface area contributed by atoms with Crippen LogP contribution in [0.1, 0.15) is 21.7 Å². The van der Waals surface area contributed by atoms with Crippen molar-refractivity contribution < 1.29 is 9.90 Å².